The first-order valence-corrected chi connectivity index (χ1v) is 7.67. The van der Waals surface area contributed by atoms with Gasteiger partial charge in [0.2, 0.25) is 0 Å². The standard InChI is InChI=1S/C19H20N2O/c1-3-8-17-18(15-10-5-4-6-11-15)21(20-19(17)22)16-12-7-9-14(2)13-16/h4-7,9-13H,3,8H2,1-2H3,(H,20,22). The Labute approximate surface area is 130 Å². The third-order valence-electron chi connectivity index (χ3n) is 3.80. The summed E-state index contributed by atoms with van der Waals surface area (Å²) in [6.07, 6.45) is 1.72. The highest BCUT2D eigenvalue weighted by atomic mass is 16.1. The van der Waals surface area contributed by atoms with Crippen LogP contribution in [-0.2, 0) is 6.42 Å². The van der Waals surface area contributed by atoms with Crippen molar-refractivity contribution in [3.05, 3.63) is 76.1 Å². The molecule has 0 aliphatic rings. The number of rotatable bonds is 4. The molecular formula is C19H20N2O. The summed E-state index contributed by atoms with van der Waals surface area (Å²) in [7, 11) is 0. The van der Waals surface area contributed by atoms with Crippen LogP contribution in [0.2, 0.25) is 0 Å². The quantitative estimate of drug-likeness (QED) is 0.772. The molecule has 0 saturated carbocycles. The van der Waals surface area contributed by atoms with Gasteiger partial charge < -0.3 is 0 Å². The summed E-state index contributed by atoms with van der Waals surface area (Å²) in [6, 6.07) is 18.3. The van der Waals surface area contributed by atoms with E-state index in [1.54, 1.807) is 0 Å². The third kappa shape index (κ3) is 2.62. The fraction of sp³-hybridized carbons (Fsp3) is 0.211. The van der Waals surface area contributed by atoms with E-state index < -0.39 is 0 Å². The number of hydrogen-bond acceptors (Lipinski definition) is 1. The van der Waals surface area contributed by atoms with E-state index in [1.807, 2.05) is 47.1 Å². The minimum Gasteiger partial charge on any atom is -0.268 e. The molecule has 0 aliphatic carbocycles. The van der Waals surface area contributed by atoms with Gasteiger partial charge >= 0.3 is 0 Å². The van der Waals surface area contributed by atoms with Crippen LogP contribution in [-0.4, -0.2) is 9.78 Å². The predicted molar refractivity (Wildman–Crippen MR) is 90.6 cm³/mol. The molecule has 3 rings (SSSR count). The lowest BCUT2D eigenvalue weighted by molar-refractivity contribution is 0.869. The summed E-state index contributed by atoms with van der Waals surface area (Å²) in [4.78, 5) is 12.4. The molecule has 112 valence electrons. The number of benzene rings is 2. The Bertz CT molecular complexity index is 828. The van der Waals surface area contributed by atoms with Crippen LogP contribution in [0, 0.1) is 6.92 Å². The molecule has 1 aromatic heterocycles. The second-order valence-corrected chi connectivity index (χ2v) is 5.56. The minimum absolute atomic E-state index is 0.00205. The van der Waals surface area contributed by atoms with Gasteiger partial charge in [0.15, 0.2) is 0 Å². The molecule has 3 aromatic rings. The van der Waals surface area contributed by atoms with E-state index in [9.17, 15) is 4.79 Å². The second-order valence-electron chi connectivity index (χ2n) is 5.56. The molecule has 2 aromatic carbocycles. The zero-order valence-electron chi connectivity index (χ0n) is 13.0. The van der Waals surface area contributed by atoms with Crippen molar-refractivity contribution in [1.29, 1.82) is 0 Å². The first-order valence-electron chi connectivity index (χ1n) is 7.67. The lowest BCUT2D eigenvalue weighted by atomic mass is 10.0. The maximum absolute atomic E-state index is 12.4. The number of hydrogen-bond donors (Lipinski definition) is 1. The van der Waals surface area contributed by atoms with Crippen LogP contribution in [0.25, 0.3) is 16.9 Å². The van der Waals surface area contributed by atoms with Crippen molar-refractivity contribution in [1.82, 2.24) is 9.78 Å². The Balaban J connectivity index is 2.27. The molecular weight excluding hydrogens is 272 g/mol. The van der Waals surface area contributed by atoms with E-state index in [0.29, 0.717) is 0 Å². The van der Waals surface area contributed by atoms with E-state index >= 15 is 0 Å². The number of H-pyrrole nitrogens is 1. The van der Waals surface area contributed by atoms with Gasteiger partial charge in [0, 0.05) is 11.1 Å². The van der Waals surface area contributed by atoms with Crippen LogP contribution < -0.4 is 5.56 Å². The molecule has 0 spiro atoms. The molecule has 0 radical (unpaired) electrons. The van der Waals surface area contributed by atoms with E-state index in [1.165, 1.54) is 5.56 Å². The van der Waals surface area contributed by atoms with E-state index in [0.717, 1.165) is 35.3 Å². The molecule has 0 bridgehead atoms. The van der Waals surface area contributed by atoms with E-state index in [4.69, 9.17) is 0 Å². The van der Waals surface area contributed by atoms with Gasteiger partial charge in [-0.05, 0) is 31.0 Å². The van der Waals surface area contributed by atoms with Crippen molar-refractivity contribution in [2.75, 3.05) is 0 Å². The minimum atomic E-state index is 0.00205. The van der Waals surface area contributed by atoms with E-state index in [2.05, 4.69) is 31.1 Å². The van der Waals surface area contributed by atoms with Gasteiger partial charge in [-0.2, -0.15) is 0 Å². The first kappa shape index (κ1) is 14.4. The van der Waals surface area contributed by atoms with Gasteiger partial charge in [-0.1, -0.05) is 55.8 Å². The highest BCUT2D eigenvalue weighted by Gasteiger charge is 2.16. The molecule has 0 saturated heterocycles. The van der Waals surface area contributed by atoms with Crippen molar-refractivity contribution in [3.8, 4) is 16.9 Å². The summed E-state index contributed by atoms with van der Waals surface area (Å²) in [5, 5.41) is 3.00. The zero-order valence-corrected chi connectivity index (χ0v) is 13.0. The van der Waals surface area contributed by atoms with Crippen LogP contribution in [0.15, 0.2) is 59.4 Å². The van der Waals surface area contributed by atoms with Crippen molar-refractivity contribution in [3.63, 3.8) is 0 Å². The average molecular weight is 292 g/mol. The predicted octanol–water partition coefficient (Wildman–Crippen LogP) is 4.09. The lowest BCUT2D eigenvalue weighted by Crippen LogP contribution is -2.07. The average Bonchev–Trinajstić information content (AvgIpc) is 2.86. The van der Waals surface area contributed by atoms with Crippen molar-refractivity contribution < 1.29 is 0 Å². The highest BCUT2D eigenvalue weighted by molar-refractivity contribution is 5.65. The second kappa shape index (κ2) is 6.06. The van der Waals surface area contributed by atoms with Crippen LogP contribution in [0.5, 0.6) is 0 Å². The van der Waals surface area contributed by atoms with Crippen LogP contribution in [0.3, 0.4) is 0 Å². The zero-order chi connectivity index (χ0) is 15.5. The molecule has 0 unspecified atom stereocenters. The molecule has 1 N–H and O–H groups in total. The molecule has 22 heavy (non-hydrogen) atoms. The number of aromatic nitrogens is 2. The SMILES string of the molecule is CCCc1c(-c2ccccc2)n(-c2cccc(C)c2)[nH]c1=O. The number of nitrogens with one attached hydrogen (secondary N) is 1. The van der Waals surface area contributed by atoms with E-state index in [-0.39, 0.29) is 5.56 Å². The Morgan fingerprint density at radius 2 is 1.82 bits per heavy atom. The molecule has 0 fully saturated rings. The van der Waals surface area contributed by atoms with Crippen molar-refractivity contribution in [2.24, 2.45) is 0 Å². The molecule has 0 amide bonds. The molecule has 1 heterocycles. The molecule has 3 heteroatoms. The maximum Gasteiger partial charge on any atom is 0.268 e. The summed E-state index contributed by atoms with van der Waals surface area (Å²) in [6.45, 7) is 4.15. The molecule has 3 nitrogen and oxygen atoms in total. The molecule has 0 atom stereocenters. The Hall–Kier alpha value is -2.55. The maximum atomic E-state index is 12.4. The third-order valence-corrected chi connectivity index (χ3v) is 3.80. The highest BCUT2D eigenvalue weighted by Crippen LogP contribution is 2.25. The van der Waals surface area contributed by atoms with Gasteiger partial charge in [-0.25, -0.2) is 0 Å². The molecule has 0 aliphatic heterocycles. The Kier molecular flexibility index (Phi) is 3.96. The number of aromatic amines is 1. The Morgan fingerprint density at radius 1 is 1.05 bits per heavy atom. The van der Waals surface area contributed by atoms with Gasteiger partial charge in [-0.3, -0.25) is 14.6 Å². The summed E-state index contributed by atoms with van der Waals surface area (Å²) < 4.78 is 1.91. The van der Waals surface area contributed by atoms with Crippen LogP contribution in [0.1, 0.15) is 24.5 Å². The van der Waals surface area contributed by atoms with Gasteiger partial charge in [-0.15, -0.1) is 0 Å². The summed E-state index contributed by atoms with van der Waals surface area (Å²) in [5.41, 5.74) is 5.04. The van der Waals surface area contributed by atoms with Crippen molar-refractivity contribution in [2.45, 2.75) is 26.7 Å². The summed E-state index contributed by atoms with van der Waals surface area (Å²) in [5.74, 6) is 0. The van der Waals surface area contributed by atoms with Gasteiger partial charge in [0.1, 0.15) is 0 Å². The number of aryl methyl sites for hydroxylation is 1. The monoisotopic (exact) mass is 292 g/mol. The van der Waals surface area contributed by atoms with Crippen molar-refractivity contribution >= 4 is 0 Å². The smallest absolute Gasteiger partial charge is 0.268 e. The Morgan fingerprint density at radius 3 is 2.50 bits per heavy atom. The van der Waals surface area contributed by atoms with Crippen LogP contribution in [0.4, 0.5) is 0 Å². The lowest BCUT2D eigenvalue weighted by Gasteiger charge is -2.11. The van der Waals surface area contributed by atoms with Crippen LogP contribution >= 0.6 is 0 Å². The van der Waals surface area contributed by atoms with Gasteiger partial charge in [0.25, 0.3) is 5.56 Å². The largest absolute Gasteiger partial charge is 0.268 e. The first-order chi connectivity index (χ1) is 10.7. The summed E-state index contributed by atoms with van der Waals surface area (Å²) >= 11 is 0. The number of nitrogens with zero attached hydrogens (tertiary/aromatic N) is 1. The van der Waals surface area contributed by atoms with Gasteiger partial charge in [0.05, 0.1) is 11.4 Å². The fourth-order valence-corrected chi connectivity index (χ4v) is 2.81. The fourth-order valence-electron chi connectivity index (χ4n) is 2.81. The topological polar surface area (TPSA) is 37.8 Å². The normalized spacial score (nSPS) is 10.8.